The SMILES string of the molecule is O=C1NCCCCC1Sc1nnc(C2CC2)n1Cc1ccccc1. The van der Waals surface area contributed by atoms with E-state index in [1.54, 1.807) is 11.8 Å². The molecule has 24 heavy (non-hydrogen) atoms. The van der Waals surface area contributed by atoms with Crippen LogP contribution in [-0.4, -0.2) is 32.5 Å². The fourth-order valence-corrected chi connectivity index (χ4v) is 4.20. The van der Waals surface area contributed by atoms with Crippen molar-refractivity contribution in [3.8, 4) is 0 Å². The number of aromatic nitrogens is 3. The molecule has 2 fully saturated rings. The summed E-state index contributed by atoms with van der Waals surface area (Å²) in [6.45, 7) is 1.57. The molecule has 0 radical (unpaired) electrons. The van der Waals surface area contributed by atoms with Gasteiger partial charge in [0.2, 0.25) is 5.91 Å². The molecule has 2 heterocycles. The summed E-state index contributed by atoms with van der Waals surface area (Å²) in [5.41, 5.74) is 1.24. The number of carbonyl (C=O) groups excluding carboxylic acids is 1. The predicted octanol–water partition coefficient (Wildman–Crippen LogP) is 2.96. The molecule has 1 aromatic carbocycles. The maximum absolute atomic E-state index is 12.3. The zero-order valence-corrected chi connectivity index (χ0v) is 14.5. The number of thioether (sulfide) groups is 1. The lowest BCUT2D eigenvalue weighted by molar-refractivity contribution is -0.120. The summed E-state index contributed by atoms with van der Waals surface area (Å²) in [5.74, 6) is 1.76. The number of hydrogen-bond donors (Lipinski definition) is 1. The maximum Gasteiger partial charge on any atom is 0.233 e. The molecular formula is C18H22N4OS. The third-order valence-corrected chi connectivity index (χ3v) is 5.85. The summed E-state index contributed by atoms with van der Waals surface area (Å²) >= 11 is 1.58. The molecular weight excluding hydrogens is 320 g/mol. The molecule has 1 aliphatic carbocycles. The molecule has 2 aromatic rings. The normalized spacial score (nSPS) is 21.3. The molecule has 1 saturated carbocycles. The van der Waals surface area contributed by atoms with E-state index in [9.17, 15) is 4.79 Å². The quantitative estimate of drug-likeness (QED) is 0.907. The highest BCUT2D eigenvalue weighted by Crippen LogP contribution is 2.40. The molecule has 2 aliphatic rings. The van der Waals surface area contributed by atoms with Crippen molar-refractivity contribution in [2.24, 2.45) is 0 Å². The number of rotatable bonds is 5. The average molecular weight is 342 g/mol. The standard InChI is InChI=1S/C18H22N4OS/c23-17-15(8-4-5-11-19-17)24-18-21-20-16(14-9-10-14)22(18)12-13-6-2-1-3-7-13/h1-3,6-7,14-15H,4-5,8-12H2,(H,19,23). The van der Waals surface area contributed by atoms with Crippen molar-refractivity contribution in [1.82, 2.24) is 20.1 Å². The summed E-state index contributed by atoms with van der Waals surface area (Å²) in [6, 6.07) is 10.4. The van der Waals surface area contributed by atoms with Crippen molar-refractivity contribution in [3.05, 3.63) is 41.7 Å². The Balaban J connectivity index is 1.59. The van der Waals surface area contributed by atoms with Gasteiger partial charge in [-0.05, 0) is 31.2 Å². The molecule has 6 heteroatoms. The number of hydrogen-bond acceptors (Lipinski definition) is 4. The van der Waals surface area contributed by atoms with Crippen LogP contribution in [0.5, 0.6) is 0 Å². The number of nitrogens with one attached hydrogen (secondary N) is 1. The van der Waals surface area contributed by atoms with Crippen LogP contribution in [0.1, 0.15) is 49.4 Å². The van der Waals surface area contributed by atoms with E-state index in [1.807, 2.05) is 6.07 Å². The lowest BCUT2D eigenvalue weighted by Crippen LogP contribution is -2.30. The van der Waals surface area contributed by atoms with Crippen molar-refractivity contribution in [3.63, 3.8) is 0 Å². The average Bonchev–Trinajstić information content (AvgIpc) is 3.39. The highest BCUT2D eigenvalue weighted by Gasteiger charge is 2.32. The van der Waals surface area contributed by atoms with E-state index in [1.165, 1.54) is 18.4 Å². The van der Waals surface area contributed by atoms with Crippen LogP contribution in [0.3, 0.4) is 0 Å². The monoisotopic (exact) mass is 342 g/mol. The van der Waals surface area contributed by atoms with Crippen LogP contribution in [0.15, 0.2) is 35.5 Å². The van der Waals surface area contributed by atoms with E-state index in [0.717, 1.165) is 43.3 Å². The second-order valence-corrected chi connectivity index (χ2v) is 7.75. The van der Waals surface area contributed by atoms with E-state index in [2.05, 4.69) is 44.3 Å². The summed E-state index contributed by atoms with van der Waals surface area (Å²) in [4.78, 5) is 12.3. The second kappa shape index (κ2) is 6.97. The van der Waals surface area contributed by atoms with Crippen LogP contribution < -0.4 is 5.32 Å². The van der Waals surface area contributed by atoms with E-state index in [0.29, 0.717) is 5.92 Å². The predicted molar refractivity (Wildman–Crippen MR) is 94.0 cm³/mol. The minimum Gasteiger partial charge on any atom is -0.355 e. The molecule has 126 valence electrons. The third-order valence-electron chi connectivity index (χ3n) is 4.60. The molecule has 1 atom stereocenters. The Morgan fingerprint density at radius 1 is 1.12 bits per heavy atom. The van der Waals surface area contributed by atoms with Crippen molar-refractivity contribution in [2.75, 3.05) is 6.54 Å². The molecule has 1 unspecified atom stereocenters. The zero-order chi connectivity index (χ0) is 16.4. The van der Waals surface area contributed by atoms with Gasteiger partial charge in [0.25, 0.3) is 0 Å². The molecule has 1 N–H and O–H groups in total. The van der Waals surface area contributed by atoms with Gasteiger partial charge in [0.1, 0.15) is 5.82 Å². The number of amides is 1. The Morgan fingerprint density at radius 3 is 2.75 bits per heavy atom. The maximum atomic E-state index is 12.3. The molecule has 0 bridgehead atoms. The first kappa shape index (κ1) is 15.7. The molecule has 4 rings (SSSR count). The summed E-state index contributed by atoms with van der Waals surface area (Å²) < 4.78 is 2.22. The molecule has 1 saturated heterocycles. The Bertz CT molecular complexity index is 711. The zero-order valence-electron chi connectivity index (χ0n) is 13.6. The first-order valence-electron chi connectivity index (χ1n) is 8.72. The first-order chi connectivity index (χ1) is 11.8. The van der Waals surface area contributed by atoms with E-state index in [-0.39, 0.29) is 11.2 Å². The van der Waals surface area contributed by atoms with Crippen molar-refractivity contribution in [2.45, 2.75) is 55.0 Å². The summed E-state index contributed by atoms with van der Waals surface area (Å²) in [7, 11) is 0. The van der Waals surface area contributed by atoms with Gasteiger partial charge in [0.05, 0.1) is 11.8 Å². The molecule has 5 nitrogen and oxygen atoms in total. The Kier molecular flexibility index (Phi) is 4.56. The van der Waals surface area contributed by atoms with Gasteiger partial charge in [0.15, 0.2) is 5.16 Å². The summed E-state index contributed by atoms with van der Waals surface area (Å²) in [5, 5.41) is 12.7. The number of benzene rings is 1. The molecule has 1 aliphatic heterocycles. The van der Waals surface area contributed by atoms with Gasteiger partial charge in [-0.15, -0.1) is 10.2 Å². The van der Waals surface area contributed by atoms with Gasteiger partial charge in [0, 0.05) is 12.5 Å². The fraction of sp³-hybridized carbons (Fsp3) is 0.500. The number of nitrogens with zero attached hydrogens (tertiary/aromatic N) is 3. The minimum absolute atomic E-state index is 0.0572. The van der Waals surface area contributed by atoms with Gasteiger partial charge in [-0.25, -0.2) is 0 Å². The Morgan fingerprint density at radius 2 is 1.96 bits per heavy atom. The third kappa shape index (κ3) is 3.48. The highest BCUT2D eigenvalue weighted by atomic mass is 32.2. The van der Waals surface area contributed by atoms with Crippen molar-refractivity contribution < 1.29 is 4.79 Å². The minimum atomic E-state index is -0.0572. The summed E-state index contributed by atoms with van der Waals surface area (Å²) in [6.07, 6.45) is 5.45. The smallest absolute Gasteiger partial charge is 0.233 e. The van der Waals surface area contributed by atoms with E-state index >= 15 is 0 Å². The fourth-order valence-electron chi connectivity index (χ4n) is 3.10. The van der Waals surface area contributed by atoms with Gasteiger partial charge in [-0.3, -0.25) is 4.79 Å². The highest BCUT2D eigenvalue weighted by molar-refractivity contribution is 8.00. The number of carbonyl (C=O) groups is 1. The van der Waals surface area contributed by atoms with Crippen LogP contribution in [0.4, 0.5) is 0 Å². The molecule has 1 amide bonds. The lowest BCUT2D eigenvalue weighted by atomic mass is 10.2. The van der Waals surface area contributed by atoms with Crippen LogP contribution in [0.2, 0.25) is 0 Å². The van der Waals surface area contributed by atoms with Gasteiger partial charge >= 0.3 is 0 Å². The molecule has 1 aromatic heterocycles. The van der Waals surface area contributed by atoms with Crippen LogP contribution >= 0.6 is 11.8 Å². The van der Waals surface area contributed by atoms with E-state index in [4.69, 9.17) is 0 Å². The first-order valence-corrected chi connectivity index (χ1v) is 9.60. The van der Waals surface area contributed by atoms with Crippen LogP contribution in [0, 0.1) is 0 Å². The second-order valence-electron chi connectivity index (χ2n) is 6.58. The van der Waals surface area contributed by atoms with Gasteiger partial charge < -0.3 is 9.88 Å². The largest absolute Gasteiger partial charge is 0.355 e. The van der Waals surface area contributed by atoms with Crippen molar-refractivity contribution in [1.29, 1.82) is 0 Å². The van der Waals surface area contributed by atoms with Crippen LogP contribution in [0.25, 0.3) is 0 Å². The topological polar surface area (TPSA) is 59.8 Å². The van der Waals surface area contributed by atoms with E-state index < -0.39 is 0 Å². The van der Waals surface area contributed by atoms with Crippen LogP contribution in [-0.2, 0) is 11.3 Å². The van der Waals surface area contributed by atoms with Gasteiger partial charge in [-0.2, -0.15) is 0 Å². The van der Waals surface area contributed by atoms with Gasteiger partial charge in [-0.1, -0.05) is 48.5 Å². The Labute approximate surface area is 146 Å². The van der Waals surface area contributed by atoms with Crippen molar-refractivity contribution >= 4 is 17.7 Å². The lowest BCUT2D eigenvalue weighted by Gasteiger charge is -2.14. The molecule has 0 spiro atoms. The Hall–Kier alpha value is -1.82.